The number of rotatable bonds is 3. The van der Waals surface area contributed by atoms with E-state index in [0.717, 1.165) is 16.5 Å². The Morgan fingerprint density at radius 1 is 1.21 bits per heavy atom. The zero-order valence-electron chi connectivity index (χ0n) is 22.0. The summed E-state index contributed by atoms with van der Waals surface area (Å²) in [6.07, 6.45) is 4.47. The maximum absolute atomic E-state index is 17.5. The molecule has 8 heteroatoms. The molecule has 1 aromatic heterocycles. The van der Waals surface area contributed by atoms with Crippen molar-refractivity contribution < 1.29 is 33.7 Å². The number of carbonyl (C=O) groups excluding carboxylic acids is 2. The third-order valence-electron chi connectivity index (χ3n) is 10.9. The minimum atomic E-state index is -2.03. The van der Waals surface area contributed by atoms with Crippen LogP contribution >= 0.6 is 0 Å². The van der Waals surface area contributed by atoms with Crippen LogP contribution in [0.2, 0.25) is 0 Å². The second kappa shape index (κ2) is 8.13. The van der Waals surface area contributed by atoms with Crippen LogP contribution in [0, 0.1) is 22.7 Å². The fraction of sp³-hybridized carbons (Fsp3) is 0.516. The highest BCUT2D eigenvalue weighted by Crippen LogP contribution is 2.72. The minimum absolute atomic E-state index is 0.0370. The van der Waals surface area contributed by atoms with E-state index in [1.165, 1.54) is 12.2 Å². The lowest BCUT2D eigenvalue weighted by Crippen LogP contribution is -2.69. The maximum atomic E-state index is 17.5. The molecule has 0 spiro atoms. The van der Waals surface area contributed by atoms with Crippen molar-refractivity contribution in [1.82, 2.24) is 4.98 Å². The molecule has 3 saturated carbocycles. The van der Waals surface area contributed by atoms with Crippen molar-refractivity contribution >= 4 is 22.5 Å². The first-order chi connectivity index (χ1) is 18.6. The molecule has 1 unspecified atom stereocenters. The van der Waals surface area contributed by atoms with E-state index in [1.807, 2.05) is 31.2 Å². The van der Waals surface area contributed by atoms with Crippen LogP contribution in [-0.2, 0) is 19.1 Å². The normalized spacial score (nSPS) is 44.4. The second-order valence-electron chi connectivity index (χ2n) is 12.3. The first-order valence-electron chi connectivity index (χ1n) is 13.7. The summed E-state index contributed by atoms with van der Waals surface area (Å²) in [6.45, 7) is 2.91. The van der Waals surface area contributed by atoms with Crippen molar-refractivity contribution in [2.45, 2.75) is 69.3 Å². The van der Waals surface area contributed by atoms with Gasteiger partial charge in [0.2, 0.25) is 0 Å². The molecule has 2 aromatic rings. The van der Waals surface area contributed by atoms with Gasteiger partial charge in [-0.15, -0.1) is 0 Å². The predicted molar refractivity (Wildman–Crippen MR) is 139 cm³/mol. The van der Waals surface area contributed by atoms with E-state index in [1.54, 1.807) is 25.3 Å². The van der Waals surface area contributed by atoms with Crippen LogP contribution in [0.4, 0.5) is 4.39 Å². The van der Waals surface area contributed by atoms with Gasteiger partial charge in [0.15, 0.2) is 29.1 Å². The SMILES string of the molecule is C[C@]12C=CC(=O)C=C1CC[C@H]1[C@@H]3C[C@H]4OC(c5ccnc6ccccc56)O[C@@]4(C(=O)CO)[C@@]3(C)C[C@H](O)[C@@]12F. The lowest BCUT2D eigenvalue weighted by atomic mass is 9.44. The topological polar surface area (TPSA) is 106 Å². The molecule has 4 fully saturated rings. The van der Waals surface area contributed by atoms with Crippen molar-refractivity contribution in [3.8, 4) is 0 Å². The van der Waals surface area contributed by atoms with Crippen LogP contribution in [0.15, 0.2) is 60.3 Å². The first kappa shape index (κ1) is 25.2. The first-order valence-corrected chi connectivity index (χ1v) is 13.7. The van der Waals surface area contributed by atoms with E-state index in [9.17, 15) is 19.8 Å². The van der Waals surface area contributed by atoms with Gasteiger partial charge in [0.1, 0.15) is 6.61 Å². The number of aliphatic hydroxyl groups excluding tert-OH is 2. The molecule has 2 N–H and O–H groups in total. The summed E-state index contributed by atoms with van der Waals surface area (Å²) in [5.74, 6) is -1.61. The predicted octanol–water partition coefficient (Wildman–Crippen LogP) is 3.93. The van der Waals surface area contributed by atoms with Crippen molar-refractivity contribution in [1.29, 1.82) is 0 Å². The van der Waals surface area contributed by atoms with Crippen molar-refractivity contribution in [2.24, 2.45) is 22.7 Å². The number of aliphatic hydroxyl groups is 2. The number of hydrogen-bond donors (Lipinski definition) is 2. The zero-order chi connectivity index (χ0) is 27.4. The average molecular weight is 534 g/mol. The van der Waals surface area contributed by atoms with E-state index in [2.05, 4.69) is 4.98 Å². The van der Waals surface area contributed by atoms with Gasteiger partial charge in [0, 0.05) is 33.9 Å². The molecule has 7 rings (SSSR count). The molecule has 0 amide bonds. The van der Waals surface area contributed by atoms with E-state index in [4.69, 9.17) is 9.47 Å². The number of allylic oxidation sites excluding steroid dienone is 4. The lowest BCUT2D eigenvalue weighted by molar-refractivity contribution is -0.231. The van der Waals surface area contributed by atoms with Gasteiger partial charge < -0.3 is 19.7 Å². The molecule has 1 aromatic carbocycles. The monoisotopic (exact) mass is 533 g/mol. The highest BCUT2D eigenvalue weighted by molar-refractivity contribution is 6.01. The average Bonchev–Trinajstić information content (AvgIpc) is 3.42. The highest BCUT2D eigenvalue weighted by Gasteiger charge is 2.79. The Morgan fingerprint density at radius 2 is 2.00 bits per heavy atom. The van der Waals surface area contributed by atoms with Crippen LogP contribution < -0.4 is 0 Å². The van der Waals surface area contributed by atoms with Crippen LogP contribution in [0.5, 0.6) is 0 Å². The van der Waals surface area contributed by atoms with Crippen LogP contribution in [0.1, 0.15) is 51.4 Å². The number of ketones is 2. The van der Waals surface area contributed by atoms with E-state index in [-0.39, 0.29) is 18.1 Å². The Labute approximate surface area is 225 Å². The molecule has 2 heterocycles. The lowest BCUT2D eigenvalue weighted by Gasteiger charge is -2.62. The summed E-state index contributed by atoms with van der Waals surface area (Å²) in [5.41, 5.74) is -3.49. The molecule has 0 bridgehead atoms. The standard InChI is InChI=1S/C31H32FNO6/c1-28-11-9-18(35)13-17(28)7-8-21-22-14-26-31(25(37)16-34,29(22,2)15-24(36)30(21,28)32)39-27(38-26)20-10-12-33-23-6-4-3-5-19(20)23/h3-6,9-13,21-22,24,26-27,34,36H,7-8,14-16H2,1-2H3/t21-,22-,24-,26+,27?,28-,29-,30-,31+/m0/s1. The molecule has 0 radical (unpaired) electrons. The molecule has 4 aliphatic carbocycles. The van der Waals surface area contributed by atoms with Crippen LogP contribution in [0.3, 0.4) is 0 Å². The Morgan fingerprint density at radius 3 is 2.79 bits per heavy atom. The number of pyridine rings is 1. The number of aromatic nitrogens is 1. The van der Waals surface area contributed by atoms with E-state index >= 15 is 4.39 Å². The molecule has 1 aliphatic heterocycles. The van der Waals surface area contributed by atoms with Crippen molar-refractivity contribution in [3.63, 3.8) is 0 Å². The number of alkyl halides is 1. The number of Topliss-reactive ketones (excluding diaryl/α,β-unsaturated/α-hetero) is 1. The number of ether oxygens (including phenoxy) is 2. The smallest absolute Gasteiger partial charge is 0.193 e. The third-order valence-corrected chi connectivity index (χ3v) is 10.9. The summed E-state index contributed by atoms with van der Waals surface area (Å²) < 4.78 is 30.6. The Balaban J connectivity index is 1.32. The molecular formula is C31H32FNO6. The summed E-state index contributed by atoms with van der Waals surface area (Å²) in [5, 5.41) is 22.7. The third kappa shape index (κ3) is 2.93. The van der Waals surface area contributed by atoms with E-state index < -0.39 is 58.9 Å². The molecule has 204 valence electrons. The van der Waals surface area contributed by atoms with Crippen molar-refractivity contribution in [3.05, 3.63) is 65.9 Å². The Bertz CT molecular complexity index is 1470. The van der Waals surface area contributed by atoms with Gasteiger partial charge in [-0.3, -0.25) is 14.6 Å². The van der Waals surface area contributed by atoms with E-state index in [0.29, 0.717) is 24.8 Å². The van der Waals surface area contributed by atoms with Gasteiger partial charge in [-0.25, -0.2) is 4.39 Å². The number of hydrogen-bond acceptors (Lipinski definition) is 7. The minimum Gasteiger partial charge on any atom is -0.390 e. The second-order valence-corrected chi connectivity index (χ2v) is 12.3. The number of benzene rings is 1. The Kier molecular flexibility index (Phi) is 5.25. The Hall–Kier alpha value is -2.78. The molecule has 7 nitrogen and oxygen atoms in total. The zero-order valence-corrected chi connectivity index (χ0v) is 22.0. The van der Waals surface area contributed by atoms with Gasteiger partial charge in [-0.1, -0.05) is 36.8 Å². The summed E-state index contributed by atoms with van der Waals surface area (Å²) in [4.78, 5) is 30.2. The summed E-state index contributed by atoms with van der Waals surface area (Å²) in [6, 6.07) is 9.40. The number of halogens is 1. The number of para-hydroxylation sites is 1. The van der Waals surface area contributed by atoms with Gasteiger partial charge in [-0.05, 0) is 62.8 Å². The fourth-order valence-corrected chi connectivity index (χ4v) is 9.04. The number of fused-ring (bicyclic) bond motifs is 8. The van der Waals surface area contributed by atoms with Gasteiger partial charge in [0.05, 0.1) is 17.7 Å². The quantitative estimate of drug-likeness (QED) is 0.616. The largest absolute Gasteiger partial charge is 0.390 e. The molecule has 9 atom stereocenters. The van der Waals surface area contributed by atoms with Gasteiger partial charge in [-0.2, -0.15) is 0 Å². The molecule has 1 saturated heterocycles. The molecular weight excluding hydrogens is 501 g/mol. The highest BCUT2D eigenvalue weighted by atomic mass is 19.1. The summed E-state index contributed by atoms with van der Waals surface area (Å²) in [7, 11) is 0. The fourth-order valence-electron chi connectivity index (χ4n) is 9.04. The van der Waals surface area contributed by atoms with Crippen LogP contribution in [0.25, 0.3) is 10.9 Å². The van der Waals surface area contributed by atoms with Crippen molar-refractivity contribution in [2.75, 3.05) is 6.61 Å². The molecule has 39 heavy (non-hydrogen) atoms. The number of carbonyl (C=O) groups is 2. The number of nitrogens with zero attached hydrogens (tertiary/aromatic N) is 1. The summed E-state index contributed by atoms with van der Waals surface area (Å²) >= 11 is 0. The van der Waals surface area contributed by atoms with Gasteiger partial charge >= 0.3 is 0 Å². The van der Waals surface area contributed by atoms with Gasteiger partial charge in [0.25, 0.3) is 0 Å². The van der Waals surface area contributed by atoms with Crippen LogP contribution in [-0.4, -0.2) is 56.8 Å². The maximum Gasteiger partial charge on any atom is 0.193 e. The molecule has 5 aliphatic rings.